The summed E-state index contributed by atoms with van der Waals surface area (Å²) in [5.41, 5.74) is 7.41. The molecule has 0 spiro atoms. The summed E-state index contributed by atoms with van der Waals surface area (Å²) in [5, 5.41) is 7.83. The summed E-state index contributed by atoms with van der Waals surface area (Å²) >= 11 is 0. The van der Waals surface area contributed by atoms with Crippen LogP contribution in [0.1, 0.15) is 31.9 Å². The quantitative estimate of drug-likeness (QED) is 0.779. The third kappa shape index (κ3) is 4.26. The lowest BCUT2D eigenvalue weighted by Gasteiger charge is -2.26. The fraction of sp³-hybridized carbons (Fsp3) is 0.500. The number of hydrogen-bond acceptors (Lipinski definition) is 4. The van der Waals surface area contributed by atoms with Gasteiger partial charge in [-0.1, -0.05) is 20.8 Å². The van der Waals surface area contributed by atoms with E-state index >= 15 is 0 Å². The molecule has 0 saturated carbocycles. The molecule has 21 heavy (non-hydrogen) atoms. The Bertz CT molecular complexity index is 661. The third-order valence-corrected chi connectivity index (χ3v) is 4.34. The fourth-order valence-corrected chi connectivity index (χ4v) is 2.35. The molecule has 0 bridgehead atoms. The molecule has 0 heterocycles. The average Bonchev–Trinajstić information content (AvgIpc) is 2.31. The van der Waals surface area contributed by atoms with Crippen LogP contribution < -0.4 is 16.2 Å². The fourth-order valence-electron chi connectivity index (χ4n) is 1.72. The van der Waals surface area contributed by atoms with Crippen LogP contribution in [0.3, 0.4) is 0 Å². The molecule has 0 aromatic heterocycles. The number of nitrogens with two attached hydrogens (primary N) is 2. The monoisotopic (exact) mass is 313 g/mol. The Labute approximate surface area is 126 Å². The van der Waals surface area contributed by atoms with Gasteiger partial charge in [-0.25, -0.2) is 13.6 Å². The van der Waals surface area contributed by atoms with Gasteiger partial charge in [0.05, 0.1) is 10.9 Å². The summed E-state index contributed by atoms with van der Waals surface area (Å²) in [4.78, 5) is 12.1. The van der Waals surface area contributed by atoms with Crippen LogP contribution in [0.15, 0.2) is 17.0 Å². The van der Waals surface area contributed by atoms with E-state index in [-0.39, 0.29) is 10.8 Å². The smallest absolute Gasteiger partial charge is 0.241 e. The highest BCUT2D eigenvalue weighted by Crippen LogP contribution is 2.25. The second kappa shape index (κ2) is 5.75. The summed E-state index contributed by atoms with van der Waals surface area (Å²) in [5.74, 6) is -0.364. The Morgan fingerprint density at radius 3 is 2.19 bits per heavy atom. The van der Waals surface area contributed by atoms with Gasteiger partial charge in [0, 0.05) is 5.69 Å². The van der Waals surface area contributed by atoms with E-state index in [0.717, 1.165) is 11.1 Å². The SMILES string of the molecule is Cc1cc(S(N)(=O)=O)cc(NC(=O)[C@H](N)C(C)(C)C)c1C. The minimum atomic E-state index is -3.83. The van der Waals surface area contributed by atoms with Crippen molar-refractivity contribution < 1.29 is 13.2 Å². The van der Waals surface area contributed by atoms with Crippen molar-refractivity contribution in [1.82, 2.24) is 0 Å². The third-order valence-electron chi connectivity index (χ3n) is 3.44. The van der Waals surface area contributed by atoms with E-state index in [9.17, 15) is 13.2 Å². The zero-order valence-electron chi connectivity index (χ0n) is 13.0. The molecule has 5 N–H and O–H groups in total. The maximum absolute atomic E-state index is 12.2. The van der Waals surface area contributed by atoms with Crippen molar-refractivity contribution in [2.75, 3.05) is 5.32 Å². The van der Waals surface area contributed by atoms with E-state index < -0.39 is 21.5 Å². The van der Waals surface area contributed by atoms with Crippen molar-refractivity contribution in [3.8, 4) is 0 Å². The highest BCUT2D eigenvalue weighted by molar-refractivity contribution is 7.89. The molecule has 0 unspecified atom stereocenters. The molecule has 1 aromatic rings. The zero-order valence-corrected chi connectivity index (χ0v) is 13.8. The van der Waals surface area contributed by atoms with Gasteiger partial charge in [0.1, 0.15) is 0 Å². The van der Waals surface area contributed by atoms with Crippen molar-refractivity contribution in [3.05, 3.63) is 23.3 Å². The Morgan fingerprint density at radius 2 is 1.76 bits per heavy atom. The van der Waals surface area contributed by atoms with Gasteiger partial charge in [0.2, 0.25) is 15.9 Å². The molecule has 6 nitrogen and oxygen atoms in total. The second-order valence-corrected chi connectivity index (χ2v) is 7.85. The zero-order chi connectivity index (χ0) is 16.6. The molecule has 0 aliphatic rings. The molecule has 1 atom stereocenters. The van der Waals surface area contributed by atoms with Gasteiger partial charge >= 0.3 is 0 Å². The van der Waals surface area contributed by atoms with E-state index in [2.05, 4.69) is 5.32 Å². The maximum Gasteiger partial charge on any atom is 0.241 e. The highest BCUT2D eigenvalue weighted by atomic mass is 32.2. The first-order chi connectivity index (χ1) is 9.34. The maximum atomic E-state index is 12.2. The van der Waals surface area contributed by atoms with Gasteiger partial charge in [-0.15, -0.1) is 0 Å². The van der Waals surface area contributed by atoms with Gasteiger partial charge < -0.3 is 11.1 Å². The summed E-state index contributed by atoms with van der Waals surface area (Å²) in [6.07, 6.45) is 0. The van der Waals surface area contributed by atoms with E-state index in [0.29, 0.717) is 5.69 Å². The van der Waals surface area contributed by atoms with Gasteiger partial charge in [-0.05, 0) is 42.5 Å². The number of benzene rings is 1. The number of nitrogens with one attached hydrogen (secondary N) is 1. The topological polar surface area (TPSA) is 115 Å². The number of sulfonamides is 1. The molecule has 0 aliphatic carbocycles. The van der Waals surface area contributed by atoms with Crippen LogP contribution in [-0.4, -0.2) is 20.4 Å². The largest absolute Gasteiger partial charge is 0.324 e. The number of primary sulfonamides is 1. The first-order valence-corrected chi connectivity index (χ1v) is 8.09. The molecule has 118 valence electrons. The molecule has 1 amide bonds. The predicted octanol–water partition coefficient (Wildman–Crippen LogP) is 1.26. The first-order valence-electron chi connectivity index (χ1n) is 6.54. The van der Waals surface area contributed by atoms with Crippen LogP contribution >= 0.6 is 0 Å². The molecule has 1 aromatic carbocycles. The molecular weight excluding hydrogens is 290 g/mol. The number of aryl methyl sites for hydroxylation is 1. The lowest BCUT2D eigenvalue weighted by Crippen LogP contribution is -2.45. The number of carbonyl (C=O) groups is 1. The Kier molecular flexibility index (Phi) is 4.82. The molecule has 1 rings (SSSR count). The van der Waals surface area contributed by atoms with Crippen LogP contribution in [0, 0.1) is 19.3 Å². The molecule has 7 heteroatoms. The average molecular weight is 313 g/mol. The second-order valence-electron chi connectivity index (χ2n) is 6.29. The van der Waals surface area contributed by atoms with Gasteiger partial charge in [0.25, 0.3) is 0 Å². The van der Waals surface area contributed by atoms with Crippen molar-refractivity contribution >= 4 is 21.6 Å². The molecule has 0 saturated heterocycles. The van der Waals surface area contributed by atoms with Gasteiger partial charge in [-0.2, -0.15) is 0 Å². The molecule has 0 aliphatic heterocycles. The highest BCUT2D eigenvalue weighted by Gasteiger charge is 2.28. The number of hydrogen-bond donors (Lipinski definition) is 3. The number of rotatable bonds is 3. The van der Waals surface area contributed by atoms with Crippen LogP contribution in [0.4, 0.5) is 5.69 Å². The number of anilines is 1. The minimum absolute atomic E-state index is 0.0368. The van der Waals surface area contributed by atoms with Crippen LogP contribution in [0.2, 0.25) is 0 Å². The van der Waals surface area contributed by atoms with Crippen molar-refractivity contribution in [2.24, 2.45) is 16.3 Å². The van der Waals surface area contributed by atoms with Gasteiger partial charge in [0.15, 0.2) is 0 Å². The summed E-state index contributed by atoms with van der Waals surface area (Å²) in [6.45, 7) is 9.12. The van der Waals surface area contributed by atoms with Crippen molar-refractivity contribution in [1.29, 1.82) is 0 Å². The molecule has 0 radical (unpaired) electrons. The van der Waals surface area contributed by atoms with E-state index in [4.69, 9.17) is 10.9 Å². The number of amides is 1. The van der Waals surface area contributed by atoms with Crippen LogP contribution in [0.5, 0.6) is 0 Å². The number of carbonyl (C=O) groups excluding carboxylic acids is 1. The summed E-state index contributed by atoms with van der Waals surface area (Å²) in [7, 11) is -3.83. The predicted molar refractivity (Wildman–Crippen MR) is 83.3 cm³/mol. The Hall–Kier alpha value is -1.44. The van der Waals surface area contributed by atoms with Crippen LogP contribution in [-0.2, 0) is 14.8 Å². The van der Waals surface area contributed by atoms with E-state index in [1.54, 1.807) is 13.8 Å². The molecule has 0 fully saturated rings. The normalized spacial score (nSPS) is 13.9. The van der Waals surface area contributed by atoms with Crippen LogP contribution in [0.25, 0.3) is 0 Å². The Balaban J connectivity index is 3.20. The summed E-state index contributed by atoms with van der Waals surface area (Å²) in [6, 6.07) is 2.12. The van der Waals surface area contributed by atoms with E-state index in [1.165, 1.54) is 12.1 Å². The minimum Gasteiger partial charge on any atom is -0.324 e. The Morgan fingerprint density at radius 1 is 1.24 bits per heavy atom. The standard InChI is InChI=1S/C14H23N3O3S/c1-8-6-10(21(16,19)20)7-11(9(8)2)17-13(18)12(15)14(3,4)5/h6-7,12H,15H2,1-5H3,(H,17,18)(H2,16,19,20)/t12-/m0/s1. The van der Waals surface area contributed by atoms with Gasteiger partial charge in [-0.3, -0.25) is 4.79 Å². The summed E-state index contributed by atoms with van der Waals surface area (Å²) < 4.78 is 22.9. The van der Waals surface area contributed by atoms with E-state index in [1.807, 2.05) is 20.8 Å². The first kappa shape index (κ1) is 17.6. The molecular formula is C14H23N3O3S. The lowest BCUT2D eigenvalue weighted by molar-refractivity contribution is -0.119. The lowest BCUT2D eigenvalue weighted by atomic mass is 9.87. The van der Waals surface area contributed by atoms with Crippen molar-refractivity contribution in [2.45, 2.75) is 45.6 Å². The van der Waals surface area contributed by atoms with Crippen molar-refractivity contribution in [3.63, 3.8) is 0 Å².